The SMILES string of the molecule is CO[C@H]1OC[C@@H](OS(=O)(=O)C(F)(F)F)[C@@H]2OC(C)(C)O[C@H]12. The maximum Gasteiger partial charge on any atom is 0.523 e. The van der Waals surface area contributed by atoms with Crippen LogP contribution in [0, 0.1) is 0 Å². The third-order valence-corrected chi connectivity index (χ3v) is 4.06. The highest BCUT2D eigenvalue weighted by Gasteiger charge is 2.56. The van der Waals surface area contributed by atoms with Gasteiger partial charge in [-0.3, -0.25) is 4.18 Å². The van der Waals surface area contributed by atoms with Crippen molar-refractivity contribution in [3.63, 3.8) is 0 Å². The zero-order chi connectivity index (χ0) is 16.1. The van der Waals surface area contributed by atoms with E-state index in [1.54, 1.807) is 0 Å². The van der Waals surface area contributed by atoms with Crippen LogP contribution in [0.25, 0.3) is 0 Å². The van der Waals surface area contributed by atoms with Gasteiger partial charge in [0.2, 0.25) is 0 Å². The molecule has 21 heavy (non-hydrogen) atoms. The number of fused-ring (bicyclic) bond motifs is 1. The van der Waals surface area contributed by atoms with Crippen LogP contribution in [0.4, 0.5) is 13.2 Å². The zero-order valence-electron chi connectivity index (χ0n) is 11.4. The average molecular weight is 336 g/mol. The van der Waals surface area contributed by atoms with Crippen molar-refractivity contribution in [1.82, 2.24) is 0 Å². The summed E-state index contributed by atoms with van der Waals surface area (Å²) in [5.41, 5.74) is -5.52. The minimum atomic E-state index is -5.75. The summed E-state index contributed by atoms with van der Waals surface area (Å²) >= 11 is 0. The summed E-state index contributed by atoms with van der Waals surface area (Å²) < 4.78 is 84.5. The molecular weight excluding hydrogens is 321 g/mol. The van der Waals surface area contributed by atoms with E-state index in [9.17, 15) is 21.6 Å². The van der Waals surface area contributed by atoms with E-state index in [4.69, 9.17) is 18.9 Å². The van der Waals surface area contributed by atoms with E-state index in [0.29, 0.717) is 0 Å². The van der Waals surface area contributed by atoms with Gasteiger partial charge in [0.05, 0.1) is 6.61 Å². The average Bonchev–Trinajstić information content (AvgIpc) is 2.63. The quantitative estimate of drug-likeness (QED) is 0.555. The molecule has 0 aromatic heterocycles. The normalized spacial score (nSPS) is 36.5. The van der Waals surface area contributed by atoms with E-state index in [1.807, 2.05) is 0 Å². The lowest BCUT2D eigenvalue weighted by Crippen LogP contribution is -2.54. The smallest absolute Gasteiger partial charge is 0.353 e. The highest BCUT2D eigenvalue weighted by molar-refractivity contribution is 7.87. The molecule has 2 fully saturated rings. The van der Waals surface area contributed by atoms with Gasteiger partial charge in [0.25, 0.3) is 0 Å². The summed E-state index contributed by atoms with van der Waals surface area (Å²) in [6, 6.07) is 0. The Morgan fingerprint density at radius 2 is 1.76 bits per heavy atom. The van der Waals surface area contributed by atoms with Gasteiger partial charge in [0.15, 0.2) is 12.1 Å². The molecule has 0 radical (unpaired) electrons. The predicted molar refractivity (Wildman–Crippen MR) is 60.4 cm³/mol. The molecule has 0 aromatic rings. The Morgan fingerprint density at radius 3 is 2.29 bits per heavy atom. The third kappa shape index (κ3) is 3.32. The van der Waals surface area contributed by atoms with Gasteiger partial charge >= 0.3 is 15.6 Å². The van der Waals surface area contributed by atoms with Crippen molar-refractivity contribution >= 4 is 10.1 Å². The summed E-state index contributed by atoms with van der Waals surface area (Å²) in [5.74, 6) is -1.12. The van der Waals surface area contributed by atoms with Crippen molar-refractivity contribution in [2.75, 3.05) is 13.7 Å². The van der Waals surface area contributed by atoms with Crippen LogP contribution in [0.1, 0.15) is 13.8 Å². The highest BCUT2D eigenvalue weighted by Crippen LogP contribution is 2.38. The second-order valence-corrected chi connectivity index (χ2v) is 6.60. The maximum absolute atomic E-state index is 12.4. The molecule has 0 aliphatic carbocycles. The zero-order valence-corrected chi connectivity index (χ0v) is 12.2. The van der Waals surface area contributed by atoms with Crippen LogP contribution < -0.4 is 0 Å². The number of rotatable bonds is 3. The Balaban J connectivity index is 2.19. The molecule has 11 heteroatoms. The first-order valence-corrected chi connectivity index (χ1v) is 7.37. The van der Waals surface area contributed by atoms with Crippen molar-refractivity contribution in [1.29, 1.82) is 0 Å². The van der Waals surface area contributed by atoms with Gasteiger partial charge in [0.1, 0.15) is 18.3 Å². The molecule has 2 aliphatic heterocycles. The maximum atomic E-state index is 12.4. The summed E-state index contributed by atoms with van der Waals surface area (Å²) in [5, 5.41) is 0. The summed E-state index contributed by atoms with van der Waals surface area (Å²) in [7, 11) is -4.43. The van der Waals surface area contributed by atoms with Crippen LogP contribution in [0.3, 0.4) is 0 Å². The summed E-state index contributed by atoms with van der Waals surface area (Å²) in [4.78, 5) is 0. The van der Waals surface area contributed by atoms with Crippen molar-refractivity contribution in [2.24, 2.45) is 0 Å². The summed E-state index contributed by atoms with van der Waals surface area (Å²) in [6.45, 7) is 2.63. The standard InChI is InChI=1S/C10H15F3O7S/c1-9(2)18-6-5(20-21(14,15)10(11,12)13)4-17-8(16-3)7(6)19-9/h5-8H,4H2,1-3H3/t5-,6+,7+,8+/m1/s1. The van der Waals surface area contributed by atoms with Gasteiger partial charge in [-0.05, 0) is 13.8 Å². The number of methoxy groups -OCH3 is 1. The van der Waals surface area contributed by atoms with Crippen LogP contribution in [-0.4, -0.2) is 58.0 Å². The van der Waals surface area contributed by atoms with Crippen LogP contribution in [0.15, 0.2) is 0 Å². The van der Waals surface area contributed by atoms with Gasteiger partial charge in [-0.1, -0.05) is 0 Å². The number of hydrogen-bond donors (Lipinski definition) is 0. The Morgan fingerprint density at radius 1 is 1.19 bits per heavy atom. The van der Waals surface area contributed by atoms with Crippen LogP contribution in [0.2, 0.25) is 0 Å². The monoisotopic (exact) mass is 336 g/mol. The Hall–Kier alpha value is -0.460. The van der Waals surface area contributed by atoms with Crippen LogP contribution in [0.5, 0.6) is 0 Å². The van der Waals surface area contributed by atoms with E-state index in [0.717, 1.165) is 0 Å². The van der Waals surface area contributed by atoms with Gasteiger partial charge in [-0.2, -0.15) is 21.6 Å². The molecule has 2 heterocycles. The molecule has 0 saturated carbocycles. The van der Waals surface area contributed by atoms with Gasteiger partial charge in [-0.25, -0.2) is 0 Å². The lowest BCUT2D eigenvalue weighted by atomic mass is 10.1. The van der Waals surface area contributed by atoms with E-state index < -0.39 is 52.6 Å². The number of hydrogen-bond acceptors (Lipinski definition) is 7. The fourth-order valence-electron chi connectivity index (χ4n) is 2.20. The molecule has 2 rings (SSSR count). The molecule has 0 unspecified atom stereocenters. The van der Waals surface area contributed by atoms with E-state index in [-0.39, 0.29) is 0 Å². The van der Waals surface area contributed by atoms with Crippen LogP contribution in [-0.2, 0) is 33.2 Å². The number of ether oxygens (including phenoxy) is 4. The lowest BCUT2D eigenvalue weighted by Gasteiger charge is -2.35. The minimum absolute atomic E-state index is 0.436. The molecule has 0 spiro atoms. The van der Waals surface area contributed by atoms with Crippen molar-refractivity contribution in [2.45, 2.75) is 49.7 Å². The highest BCUT2D eigenvalue weighted by atomic mass is 32.2. The molecular formula is C10H15F3O7S. The second-order valence-electron chi connectivity index (χ2n) is 5.04. The van der Waals surface area contributed by atoms with Gasteiger partial charge in [0, 0.05) is 7.11 Å². The Kier molecular flexibility index (Phi) is 4.28. The van der Waals surface area contributed by atoms with Crippen molar-refractivity contribution < 1.29 is 44.7 Å². The van der Waals surface area contributed by atoms with Crippen molar-refractivity contribution in [3.05, 3.63) is 0 Å². The molecule has 0 bridgehead atoms. The van der Waals surface area contributed by atoms with Crippen LogP contribution >= 0.6 is 0 Å². The fourth-order valence-corrected chi connectivity index (χ4v) is 2.80. The van der Waals surface area contributed by atoms with E-state index in [1.165, 1.54) is 21.0 Å². The number of alkyl halides is 3. The van der Waals surface area contributed by atoms with E-state index >= 15 is 0 Å². The predicted octanol–water partition coefficient (Wildman–Crippen LogP) is 0.744. The molecule has 2 aliphatic rings. The minimum Gasteiger partial charge on any atom is -0.353 e. The van der Waals surface area contributed by atoms with Gasteiger partial charge in [-0.15, -0.1) is 0 Å². The molecule has 0 aromatic carbocycles. The molecule has 4 atom stereocenters. The number of halogens is 3. The first kappa shape index (κ1) is 16.9. The third-order valence-electron chi connectivity index (χ3n) is 2.99. The molecule has 124 valence electrons. The fraction of sp³-hybridized carbons (Fsp3) is 1.00. The topological polar surface area (TPSA) is 80.3 Å². The lowest BCUT2D eigenvalue weighted by molar-refractivity contribution is -0.235. The first-order valence-electron chi connectivity index (χ1n) is 5.96. The largest absolute Gasteiger partial charge is 0.523 e. The molecule has 0 amide bonds. The first-order chi connectivity index (χ1) is 9.47. The van der Waals surface area contributed by atoms with E-state index in [2.05, 4.69) is 4.18 Å². The second kappa shape index (κ2) is 5.32. The van der Waals surface area contributed by atoms with Gasteiger partial charge < -0.3 is 18.9 Å². The Labute approximate surface area is 119 Å². The summed E-state index contributed by atoms with van der Waals surface area (Å²) in [6.07, 6.45) is -4.32. The van der Waals surface area contributed by atoms with Crippen molar-refractivity contribution in [3.8, 4) is 0 Å². The Bertz CT molecular complexity index is 489. The molecule has 2 saturated heterocycles. The molecule has 0 N–H and O–H groups in total. The molecule has 7 nitrogen and oxygen atoms in total.